The Morgan fingerprint density at radius 3 is 3.07 bits per heavy atom. The molecule has 0 bridgehead atoms. The molecule has 1 aromatic heterocycles. The SMILES string of the molecule is Cc1ccc(NC(=O)NCCc2cc(F)cc3c2OCOC3)c2cccnc12. The fraction of sp³-hybridized carbons (Fsp3) is 0.238. The van der Waals surface area contributed by atoms with Gasteiger partial charge in [0.1, 0.15) is 11.6 Å². The number of carbonyl (C=O) groups excluding carboxylic acids is 1. The number of hydrogen-bond donors (Lipinski definition) is 2. The van der Waals surface area contributed by atoms with Crippen LogP contribution in [0.4, 0.5) is 14.9 Å². The van der Waals surface area contributed by atoms with E-state index in [1.54, 1.807) is 6.20 Å². The summed E-state index contributed by atoms with van der Waals surface area (Å²) in [6.07, 6.45) is 2.18. The van der Waals surface area contributed by atoms with E-state index >= 15 is 0 Å². The number of nitrogens with one attached hydrogen (secondary N) is 2. The number of anilines is 1. The van der Waals surface area contributed by atoms with Crippen molar-refractivity contribution in [3.05, 3.63) is 65.1 Å². The number of aryl methyl sites for hydroxylation is 1. The number of urea groups is 1. The number of nitrogens with zero attached hydrogens (tertiary/aromatic N) is 1. The molecule has 0 saturated heterocycles. The summed E-state index contributed by atoms with van der Waals surface area (Å²) in [4.78, 5) is 16.7. The third-order valence-corrected chi connectivity index (χ3v) is 4.65. The summed E-state index contributed by atoms with van der Waals surface area (Å²) in [7, 11) is 0. The number of halogens is 1. The lowest BCUT2D eigenvalue weighted by Crippen LogP contribution is -2.30. The Bertz CT molecular complexity index is 1040. The van der Waals surface area contributed by atoms with Crippen LogP contribution in [0.1, 0.15) is 16.7 Å². The summed E-state index contributed by atoms with van der Waals surface area (Å²) >= 11 is 0. The average molecular weight is 381 g/mol. The fourth-order valence-corrected chi connectivity index (χ4v) is 3.34. The molecule has 0 spiro atoms. The number of benzene rings is 2. The highest BCUT2D eigenvalue weighted by molar-refractivity contribution is 6.01. The molecule has 144 valence electrons. The second kappa shape index (κ2) is 7.82. The summed E-state index contributed by atoms with van der Waals surface area (Å²) < 4.78 is 24.5. The Balaban J connectivity index is 1.41. The van der Waals surface area contributed by atoms with Gasteiger partial charge >= 0.3 is 6.03 Å². The lowest BCUT2D eigenvalue weighted by Gasteiger charge is -2.21. The van der Waals surface area contributed by atoms with Crippen molar-refractivity contribution in [1.82, 2.24) is 10.3 Å². The van der Waals surface area contributed by atoms with Crippen LogP contribution in [-0.4, -0.2) is 24.4 Å². The van der Waals surface area contributed by atoms with Gasteiger partial charge in [-0.1, -0.05) is 6.07 Å². The predicted molar refractivity (Wildman–Crippen MR) is 104 cm³/mol. The van der Waals surface area contributed by atoms with Crippen molar-refractivity contribution in [2.24, 2.45) is 0 Å². The monoisotopic (exact) mass is 381 g/mol. The van der Waals surface area contributed by atoms with Gasteiger partial charge in [-0.3, -0.25) is 4.98 Å². The number of aromatic nitrogens is 1. The van der Waals surface area contributed by atoms with Gasteiger partial charge in [-0.25, -0.2) is 9.18 Å². The average Bonchev–Trinajstić information content (AvgIpc) is 2.70. The molecule has 28 heavy (non-hydrogen) atoms. The van der Waals surface area contributed by atoms with Gasteiger partial charge in [0, 0.05) is 23.7 Å². The van der Waals surface area contributed by atoms with Crippen molar-refractivity contribution >= 4 is 22.6 Å². The molecule has 1 aliphatic rings. The largest absolute Gasteiger partial charge is 0.467 e. The van der Waals surface area contributed by atoms with Crippen molar-refractivity contribution in [1.29, 1.82) is 0 Å². The first-order valence-corrected chi connectivity index (χ1v) is 9.03. The minimum atomic E-state index is -0.342. The van der Waals surface area contributed by atoms with Gasteiger partial charge in [0.15, 0.2) is 6.79 Å². The molecule has 2 amide bonds. The first kappa shape index (κ1) is 18.2. The van der Waals surface area contributed by atoms with Crippen molar-refractivity contribution in [3.63, 3.8) is 0 Å². The number of pyridine rings is 1. The number of hydrogen-bond acceptors (Lipinski definition) is 4. The van der Waals surface area contributed by atoms with Gasteiger partial charge in [0.25, 0.3) is 0 Å². The molecule has 0 radical (unpaired) electrons. The summed E-state index contributed by atoms with van der Waals surface area (Å²) in [5.41, 5.74) is 3.98. The molecule has 0 aliphatic carbocycles. The van der Waals surface area contributed by atoms with Crippen LogP contribution in [0.3, 0.4) is 0 Å². The van der Waals surface area contributed by atoms with Crippen molar-refractivity contribution in [2.45, 2.75) is 20.0 Å². The molecule has 0 unspecified atom stereocenters. The number of ether oxygens (including phenoxy) is 2. The smallest absolute Gasteiger partial charge is 0.319 e. The van der Waals surface area contributed by atoms with Gasteiger partial charge < -0.3 is 20.1 Å². The highest BCUT2D eigenvalue weighted by Crippen LogP contribution is 2.29. The topological polar surface area (TPSA) is 72.5 Å². The molecule has 4 rings (SSSR count). The molecule has 2 N–H and O–H groups in total. The van der Waals surface area contributed by atoms with E-state index in [0.717, 1.165) is 16.5 Å². The fourth-order valence-electron chi connectivity index (χ4n) is 3.34. The van der Waals surface area contributed by atoms with Crippen LogP contribution < -0.4 is 15.4 Å². The molecule has 7 heteroatoms. The lowest BCUT2D eigenvalue weighted by atomic mass is 10.1. The number of fused-ring (bicyclic) bond motifs is 2. The normalized spacial score (nSPS) is 12.9. The second-order valence-electron chi connectivity index (χ2n) is 6.62. The van der Waals surface area contributed by atoms with Crippen LogP contribution in [0.15, 0.2) is 42.6 Å². The maximum absolute atomic E-state index is 13.8. The van der Waals surface area contributed by atoms with E-state index < -0.39 is 0 Å². The molecular formula is C21H20FN3O3. The van der Waals surface area contributed by atoms with Crippen LogP contribution in [0.5, 0.6) is 5.75 Å². The van der Waals surface area contributed by atoms with E-state index in [2.05, 4.69) is 15.6 Å². The third kappa shape index (κ3) is 3.75. The Morgan fingerprint density at radius 1 is 1.29 bits per heavy atom. The van der Waals surface area contributed by atoms with E-state index in [0.29, 0.717) is 42.1 Å². The van der Waals surface area contributed by atoms with Crippen molar-refractivity contribution in [3.8, 4) is 5.75 Å². The molecule has 0 fully saturated rings. The molecule has 3 aromatic rings. The zero-order valence-corrected chi connectivity index (χ0v) is 15.4. The van der Waals surface area contributed by atoms with Gasteiger partial charge in [0.2, 0.25) is 0 Å². The number of amides is 2. The Labute approximate surface area is 161 Å². The molecule has 0 saturated carbocycles. The molecule has 0 atom stereocenters. The van der Waals surface area contributed by atoms with E-state index in [9.17, 15) is 9.18 Å². The third-order valence-electron chi connectivity index (χ3n) is 4.65. The summed E-state index contributed by atoms with van der Waals surface area (Å²) in [5.74, 6) is 0.302. The van der Waals surface area contributed by atoms with Crippen LogP contribution in [0.2, 0.25) is 0 Å². The lowest BCUT2D eigenvalue weighted by molar-refractivity contribution is -0.0172. The Kier molecular flexibility index (Phi) is 5.08. The molecule has 6 nitrogen and oxygen atoms in total. The first-order valence-electron chi connectivity index (χ1n) is 9.03. The van der Waals surface area contributed by atoms with Crippen LogP contribution >= 0.6 is 0 Å². The summed E-state index contributed by atoms with van der Waals surface area (Å²) in [6.45, 7) is 2.79. The Hall–Kier alpha value is -3.19. The van der Waals surface area contributed by atoms with Gasteiger partial charge in [0.05, 0.1) is 17.8 Å². The van der Waals surface area contributed by atoms with E-state index in [4.69, 9.17) is 9.47 Å². The minimum absolute atomic E-state index is 0.147. The molecule has 2 heterocycles. The van der Waals surface area contributed by atoms with Gasteiger partial charge in [-0.05, 0) is 54.8 Å². The Morgan fingerprint density at radius 2 is 2.18 bits per heavy atom. The van der Waals surface area contributed by atoms with Crippen LogP contribution in [0.25, 0.3) is 10.9 Å². The van der Waals surface area contributed by atoms with E-state index in [-0.39, 0.29) is 18.6 Å². The quantitative estimate of drug-likeness (QED) is 0.719. The minimum Gasteiger partial charge on any atom is -0.467 e. The zero-order chi connectivity index (χ0) is 19.5. The number of rotatable bonds is 4. The number of carbonyl (C=O) groups is 1. The van der Waals surface area contributed by atoms with Crippen LogP contribution in [0, 0.1) is 12.7 Å². The predicted octanol–water partition coefficient (Wildman–Crippen LogP) is 3.91. The summed E-state index contributed by atoms with van der Waals surface area (Å²) in [5, 5.41) is 6.54. The van der Waals surface area contributed by atoms with Crippen LogP contribution in [-0.2, 0) is 17.8 Å². The zero-order valence-electron chi connectivity index (χ0n) is 15.4. The second-order valence-corrected chi connectivity index (χ2v) is 6.62. The van der Waals surface area contributed by atoms with E-state index in [1.807, 2.05) is 31.2 Å². The van der Waals surface area contributed by atoms with Crippen molar-refractivity contribution < 1.29 is 18.7 Å². The standard InChI is InChI=1S/C21H20FN3O3/c1-13-4-5-18(17-3-2-7-23-19(13)17)25-21(26)24-8-6-14-9-16(22)10-15-11-27-12-28-20(14)15/h2-5,7,9-10H,6,8,11-12H2,1H3,(H2,24,25,26). The molecule has 2 aromatic carbocycles. The summed E-state index contributed by atoms with van der Waals surface area (Å²) in [6, 6.07) is 10.0. The highest BCUT2D eigenvalue weighted by Gasteiger charge is 2.17. The van der Waals surface area contributed by atoms with Gasteiger partial charge in [-0.15, -0.1) is 0 Å². The maximum atomic E-state index is 13.8. The molecule has 1 aliphatic heterocycles. The molecular weight excluding hydrogens is 361 g/mol. The van der Waals surface area contributed by atoms with E-state index in [1.165, 1.54) is 12.1 Å². The van der Waals surface area contributed by atoms with Gasteiger partial charge in [-0.2, -0.15) is 0 Å². The first-order chi connectivity index (χ1) is 13.6. The highest BCUT2D eigenvalue weighted by atomic mass is 19.1. The maximum Gasteiger partial charge on any atom is 0.319 e. The van der Waals surface area contributed by atoms with Crippen molar-refractivity contribution in [2.75, 3.05) is 18.7 Å².